The molecule has 18 heavy (non-hydrogen) atoms. The fourth-order valence-electron chi connectivity index (χ4n) is 3.77. The van der Waals surface area contributed by atoms with E-state index in [-0.39, 0.29) is 17.0 Å². The van der Waals surface area contributed by atoms with Crippen LogP contribution in [0.25, 0.3) is 0 Å². The molecule has 0 aromatic heterocycles. The summed E-state index contributed by atoms with van der Waals surface area (Å²) in [5.74, 6) is 0. The minimum absolute atomic E-state index is 0.260. The molecule has 1 aromatic carbocycles. The van der Waals surface area contributed by atoms with E-state index in [4.69, 9.17) is 5.73 Å². The summed E-state index contributed by atoms with van der Waals surface area (Å²) in [7, 11) is 0. The monoisotopic (exact) mass is 244 g/mol. The van der Waals surface area contributed by atoms with Gasteiger partial charge in [0.1, 0.15) is 0 Å². The van der Waals surface area contributed by atoms with Crippen molar-refractivity contribution in [2.75, 3.05) is 13.1 Å². The molecule has 2 nitrogen and oxygen atoms in total. The Morgan fingerprint density at radius 3 is 2.39 bits per heavy atom. The van der Waals surface area contributed by atoms with Gasteiger partial charge in [-0.3, -0.25) is 4.90 Å². The van der Waals surface area contributed by atoms with Crippen molar-refractivity contribution in [1.82, 2.24) is 4.90 Å². The second-order valence-electron chi connectivity index (χ2n) is 6.88. The third-order valence-corrected chi connectivity index (χ3v) is 5.03. The Labute approximate surface area is 110 Å². The van der Waals surface area contributed by atoms with E-state index in [9.17, 15) is 0 Å². The largest absolute Gasteiger partial charge is 0.323 e. The smallest absolute Gasteiger partial charge is 0.0397 e. The summed E-state index contributed by atoms with van der Waals surface area (Å²) >= 11 is 0. The lowest BCUT2D eigenvalue weighted by Crippen LogP contribution is -2.57. The van der Waals surface area contributed by atoms with E-state index in [1.54, 1.807) is 0 Å². The Morgan fingerprint density at radius 1 is 1.17 bits per heavy atom. The minimum Gasteiger partial charge on any atom is -0.323 e. The van der Waals surface area contributed by atoms with Gasteiger partial charge in [-0.2, -0.15) is 0 Å². The molecule has 0 unspecified atom stereocenters. The molecule has 0 saturated carbocycles. The molecular formula is C16H24N2. The van der Waals surface area contributed by atoms with Gasteiger partial charge in [0.15, 0.2) is 0 Å². The topological polar surface area (TPSA) is 29.3 Å². The maximum atomic E-state index is 6.44. The second-order valence-corrected chi connectivity index (χ2v) is 6.88. The molecule has 2 aliphatic rings. The number of nitrogens with two attached hydrogens (primary N) is 1. The van der Waals surface area contributed by atoms with Gasteiger partial charge < -0.3 is 5.73 Å². The van der Waals surface area contributed by atoms with Crippen LogP contribution in [0.1, 0.15) is 50.8 Å². The Hall–Kier alpha value is -0.860. The first kappa shape index (κ1) is 12.2. The van der Waals surface area contributed by atoms with Gasteiger partial charge in [-0.25, -0.2) is 0 Å². The lowest BCUT2D eigenvalue weighted by Gasteiger charge is -2.55. The average molecular weight is 244 g/mol. The molecule has 2 heteroatoms. The molecule has 0 amide bonds. The molecule has 0 bridgehead atoms. The van der Waals surface area contributed by atoms with Crippen LogP contribution in [0, 0.1) is 0 Å². The Kier molecular flexibility index (Phi) is 2.58. The number of likely N-dealkylation sites (tertiary alicyclic amines) is 1. The first-order valence-electron chi connectivity index (χ1n) is 7.05. The van der Waals surface area contributed by atoms with Crippen LogP contribution >= 0.6 is 0 Å². The van der Waals surface area contributed by atoms with E-state index in [2.05, 4.69) is 49.9 Å². The molecule has 1 aliphatic carbocycles. The average Bonchev–Trinajstić information content (AvgIpc) is 2.37. The van der Waals surface area contributed by atoms with Gasteiger partial charge in [-0.15, -0.1) is 0 Å². The highest BCUT2D eigenvalue weighted by Crippen LogP contribution is 2.54. The Morgan fingerprint density at radius 2 is 1.78 bits per heavy atom. The van der Waals surface area contributed by atoms with Crippen LogP contribution < -0.4 is 5.73 Å². The van der Waals surface area contributed by atoms with Gasteiger partial charge in [-0.1, -0.05) is 24.3 Å². The molecule has 1 heterocycles. The van der Waals surface area contributed by atoms with Crippen LogP contribution in [-0.4, -0.2) is 23.5 Å². The van der Waals surface area contributed by atoms with E-state index in [0.717, 1.165) is 0 Å². The summed E-state index contributed by atoms with van der Waals surface area (Å²) in [4.78, 5) is 2.59. The molecule has 1 aliphatic heterocycles. The highest BCUT2D eigenvalue weighted by Gasteiger charge is 2.51. The zero-order valence-electron chi connectivity index (χ0n) is 11.7. The summed E-state index contributed by atoms with van der Waals surface area (Å²) in [5.41, 5.74) is 9.89. The minimum atomic E-state index is 0.260. The first-order valence-corrected chi connectivity index (χ1v) is 7.05. The highest BCUT2D eigenvalue weighted by molar-refractivity contribution is 5.49. The number of hydrogen-bond donors (Lipinski definition) is 1. The van der Waals surface area contributed by atoms with E-state index < -0.39 is 0 Å². The quantitative estimate of drug-likeness (QED) is 0.760. The molecule has 1 spiro atoms. The van der Waals surface area contributed by atoms with E-state index >= 15 is 0 Å². The molecule has 1 atom stereocenters. The maximum absolute atomic E-state index is 6.44. The van der Waals surface area contributed by atoms with E-state index in [1.807, 2.05) is 0 Å². The summed E-state index contributed by atoms with van der Waals surface area (Å²) in [6.45, 7) is 9.26. The number of piperidine rings is 1. The molecule has 2 N–H and O–H groups in total. The van der Waals surface area contributed by atoms with E-state index in [0.29, 0.717) is 0 Å². The predicted molar refractivity (Wildman–Crippen MR) is 75.6 cm³/mol. The van der Waals surface area contributed by atoms with Crippen LogP contribution in [0.4, 0.5) is 0 Å². The van der Waals surface area contributed by atoms with Gasteiger partial charge in [0.25, 0.3) is 0 Å². The van der Waals surface area contributed by atoms with Crippen LogP contribution in [0.5, 0.6) is 0 Å². The summed E-state index contributed by atoms with van der Waals surface area (Å²) in [5, 5.41) is 0. The van der Waals surface area contributed by atoms with E-state index in [1.165, 1.54) is 37.1 Å². The Bertz CT molecular complexity index is 450. The molecule has 3 rings (SSSR count). The van der Waals surface area contributed by atoms with Crippen LogP contribution in [0.2, 0.25) is 0 Å². The summed E-state index contributed by atoms with van der Waals surface area (Å²) < 4.78 is 0. The Balaban J connectivity index is 1.82. The fourth-order valence-corrected chi connectivity index (χ4v) is 3.77. The lowest BCUT2D eigenvalue weighted by atomic mass is 9.56. The van der Waals surface area contributed by atoms with Crippen molar-refractivity contribution in [3.05, 3.63) is 35.4 Å². The molecule has 1 aromatic rings. The molecule has 98 valence electrons. The number of fused-ring (bicyclic) bond motifs is 2. The third-order valence-electron chi connectivity index (χ3n) is 5.03. The van der Waals surface area contributed by atoms with Crippen molar-refractivity contribution in [2.45, 2.75) is 50.6 Å². The first-order chi connectivity index (χ1) is 8.45. The zero-order valence-corrected chi connectivity index (χ0v) is 11.7. The van der Waals surface area contributed by atoms with Gasteiger partial charge >= 0.3 is 0 Å². The lowest BCUT2D eigenvalue weighted by molar-refractivity contribution is 0.0541. The molecule has 0 radical (unpaired) electrons. The van der Waals surface area contributed by atoms with Crippen molar-refractivity contribution in [1.29, 1.82) is 0 Å². The molecular weight excluding hydrogens is 220 g/mol. The van der Waals surface area contributed by atoms with Crippen molar-refractivity contribution in [2.24, 2.45) is 5.73 Å². The maximum Gasteiger partial charge on any atom is 0.0397 e. The highest BCUT2D eigenvalue weighted by atomic mass is 15.2. The molecule has 1 saturated heterocycles. The van der Waals surface area contributed by atoms with Crippen molar-refractivity contribution in [3.8, 4) is 0 Å². The summed E-state index contributed by atoms with van der Waals surface area (Å²) in [6, 6.07) is 9.00. The van der Waals surface area contributed by atoms with Crippen molar-refractivity contribution >= 4 is 0 Å². The van der Waals surface area contributed by atoms with Crippen LogP contribution in [0.3, 0.4) is 0 Å². The van der Waals surface area contributed by atoms with Gasteiger partial charge in [0, 0.05) is 17.0 Å². The standard InChI is InChI=1S/C16H24N2/c1-15(2,3)18-10-8-16(9-11-18)13-7-5-4-6-12(13)14(16)17/h4-7,14H,8-11,17H2,1-3H3/t14-/m0/s1. The van der Waals surface area contributed by atoms with Crippen LogP contribution in [-0.2, 0) is 5.41 Å². The number of hydrogen-bond acceptors (Lipinski definition) is 2. The molecule has 1 fully saturated rings. The number of rotatable bonds is 0. The van der Waals surface area contributed by atoms with Crippen molar-refractivity contribution < 1.29 is 0 Å². The number of benzene rings is 1. The number of nitrogens with zero attached hydrogens (tertiary/aromatic N) is 1. The zero-order chi connectivity index (χ0) is 13.0. The van der Waals surface area contributed by atoms with Gasteiger partial charge in [0.05, 0.1) is 0 Å². The van der Waals surface area contributed by atoms with Crippen LogP contribution in [0.15, 0.2) is 24.3 Å². The van der Waals surface area contributed by atoms with Gasteiger partial charge in [0.2, 0.25) is 0 Å². The van der Waals surface area contributed by atoms with Gasteiger partial charge in [-0.05, 0) is 57.8 Å². The predicted octanol–water partition coefficient (Wildman–Crippen LogP) is 2.83. The SMILES string of the molecule is CC(C)(C)N1CCC2(CC1)c1ccccc1[C@@H]2N. The normalized spacial score (nSPS) is 26.8. The second kappa shape index (κ2) is 3.82. The summed E-state index contributed by atoms with van der Waals surface area (Å²) in [6.07, 6.45) is 2.42. The fraction of sp³-hybridized carbons (Fsp3) is 0.625. The third kappa shape index (κ3) is 1.55. The van der Waals surface area contributed by atoms with Crippen molar-refractivity contribution in [3.63, 3.8) is 0 Å².